The van der Waals surface area contributed by atoms with Crippen LogP contribution in [0.2, 0.25) is 0 Å². The molecule has 1 aromatic heterocycles. The van der Waals surface area contributed by atoms with Crippen molar-refractivity contribution in [3.05, 3.63) is 29.6 Å². The predicted molar refractivity (Wildman–Crippen MR) is 106 cm³/mol. The fourth-order valence-corrected chi connectivity index (χ4v) is 4.45. The van der Waals surface area contributed by atoms with Gasteiger partial charge in [-0.3, -0.25) is 4.79 Å². The van der Waals surface area contributed by atoms with E-state index in [1.165, 1.54) is 16.4 Å². The molecule has 1 amide bonds. The SMILES string of the molecule is COc1ccc(OC)c([C@@H]2CCCN2C(=O)CSc2nnc(C3CC3)n2N)c1. The lowest BCUT2D eigenvalue weighted by Gasteiger charge is -2.26. The van der Waals surface area contributed by atoms with Gasteiger partial charge in [0.25, 0.3) is 0 Å². The summed E-state index contributed by atoms with van der Waals surface area (Å²) in [7, 11) is 3.28. The minimum absolute atomic E-state index is 0.0177. The van der Waals surface area contributed by atoms with Crippen molar-refractivity contribution < 1.29 is 14.3 Å². The number of thioether (sulfide) groups is 1. The molecule has 9 heteroatoms. The van der Waals surface area contributed by atoms with Crippen molar-refractivity contribution in [1.82, 2.24) is 19.8 Å². The molecule has 2 aromatic rings. The molecule has 2 fully saturated rings. The summed E-state index contributed by atoms with van der Waals surface area (Å²) in [6.45, 7) is 0.729. The van der Waals surface area contributed by atoms with Crippen molar-refractivity contribution in [3.8, 4) is 11.5 Å². The summed E-state index contributed by atoms with van der Waals surface area (Å²) in [5.74, 6) is 9.20. The zero-order chi connectivity index (χ0) is 19.7. The molecular formula is C19H25N5O3S. The van der Waals surface area contributed by atoms with Crippen molar-refractivity contribution >= 4 is 17.7 Å². The van der Waals surface area contributed by atoms with Crippen LogP contribution in [0, 0.1) is 0 Å². The van der Waals surface area contributed by atoms with E-state index in [4.69, 9.17) is 15.3 Å². The Labute approximate surface area is 168 Å². The highest BCUT2D eigenvalue weighted by Crippen LogP contribution is 2.40. The Morgan fingerprint density at radius 3 is 2.79 bits per heavy atom. The number of nitrogens with zero attached hydrogens (tertiary/aromatic N) is 4. The molecule has 8 nitrogen and oxygen atoms in total. The van der Waals surface area contributed by atoms with E-state index in [-0.39, 0.29) is 17.7 Å². The molecule has 0 spiro atoms. The van der Waals surface area contributed by atoms with E-state index in [1.54, 1.807) is 14.2 Å². The number of nitrogens with two attached hydrogens (primary N) is 1. The van der Waals surface area contributed by atoms with Crippen LogP contribution in [-0.2, 0) is 4.79 Å². The second-order valence-corrected chi connectivity index (χ2v) is 8.07. The van der Waals surface area contributed by atoms with Crippen LogP contribution >= 0.6 is 11.8 Å². The summed E-state index contributed by atoms with van der Waals surface area (Å²) < 4.78 is 12.4. The molecule has 1 aliphatic heterocycles. The van der Waals surface area contributed by atoms with Crippen molar-refractivity contribution in [3.63, 3.8) is 0 Å². The lowest BCUT2D eigenvalue weighted by atomic mass is 10.0. The Morgan fingerprint density at radius 1 is 1.25 bits per heavy atom. The Morgan fingerprint density at radius 2 is 2.07 bits per heavy atom. The number of hydrogen-bond donors (Lipinski definition) is 1. The maximum absolute atomic E-state index is 13.0. The molecule has 2 heterocycles. The first-order chi connectivity index (χ1) is 13.6. The summed E-state index contributed by atoms with van der Waals surface area (Å²) in [6.07, 6.45) is 4.08. The normalized spacial score (nSPS) is 19.1. The van der Waals surface area contributed by atoms with Crippen LogP contribution in [0.5, 0.6) is 11.5 Å². The van der Waals surface area contributed by atoms with E-state index in [1.807, 2.05) is 23.1 Å². The van der Waals surface area contributed by atoms with Crippen molar-refractivity contribution in [2.75, 3.05) is 32.4 Å². The molecule has 2 N–H and O–H groups in total. The maximum atomic E-state index is 13.0. The Hall–Kier alpha value is -2.42. The first-order valence-corrected chi connectivity index (χ1v) is 10.5. The third-order valence-electron chi connectivity index (χ3n) is 5.33. The van der Waals surface area contributed by atoms with Gasteiger partial charge in [-0.2, -0.15) is 0 Å². The summed E-state index contributed by atoms with van der Waals surface area (Å²) >= 11 is 1.34. The van der Waals surface area contributed by atoms with E-state index in [0.717, 1.165) is 55.1 Å². The zero-order valence-electron chi connectivity index (χ0n) is 16.1. The highest BCUT2D eigenvalue weighted by molar-refractivity contribution is 7.99. The Kier molecular flexibility index (Phi) is 5.34. The molecule has 1 aromatic carbocycles. The third kappa shape index (κ3) is 3.63. The standard InChI is InChI=1S/C19H25N5O3S/c1-26-13-7-8-16(27-2)14(10-13)15-4-3-9-23(15)17(25)11-28-19-22-21-18(24(19)20)12-5-6-12/h7-8,10,12,15H,3-6,9,11,20H2,1-2H3/t15-/m0/s1. The number of ether oxygens (including phenoxy) is 2. The molecule has 4 rings (SSSR count). The molecule has 150 valence electrons. The molecule has 1 saturated heterocycles. The van der Waals surface area contributed by atoms with Crippen LogP contribution in [0.1, 0.15) is 49.0 Å². The Bertz CT molecular complexity index is 867. The average molecular weight is 404 g/mol. The van der Waals surface area contributed by atoms with Gasteiger partial charge in [0, 0.05) is 18.0 Å². The summed E-state index contributed by atoms with van der Waals surface area (Å²) in [4.78, 5) is 14.9. The number of carbonyl (C=O) groups is 1. The van der Waals surface area contributed by atoms with E-state index < -0.39 is 0 Å². The number of amides is 1. The van der Waals surface area contributed by atoms with Gasteiger partial charge in [0.2, 0.25) is 11.1 Å². The maximum Gasteiger partial charge on any atom is 0.233 e. The van der Waals surface area contributed by atoms with Gasteiger partial charge in [0.15, 0.2) is 5.82 Å². The van der Waals surface area contributed by atoms with Gasteiger partial charge in [0.05, 0.1) is 26.0 Å². The fraction of sp³-hybridized carbons (Fsp3) is 0.526. The molecule has 28 heavy (non-hydrogen) atoms. The van der Waals surface area contributed by atoms with Crippen molar-refractivity contribution in [2.24, 2.45) is 0 Å². The van der Waals surface area contributed by atoms with Crippen LogP contribution in [0.15, 0.2) is 23.4 Å². The highest BCUT2D eigenvalue weighted by Gasteiger charge is 2.33. The largest absolute Gasteiger partial charge is 0.497 e. The predicted octanol–water partition coefficient (Wildman–Crippen LogP) is 2.34. The summed E-state index contributed by atoms with van der Waals surface area (Å²) in [5, 5.41) is 8.90. The number of hydrogen-bond acceptors (Lipinski definition) is 7. The van der Waals surface area contributed by atoms with Crippen LogP contribution in [0.3, 0.4) is 0 Å². The lowest BCUT2D eigenvalue weighted by molar-refractivity contribution is -0.129. The van der Waals surface area contributed by atoms with E-state index in [2.05, 4.69) is 10.2 Å². The Balaban J connectivity index is 1.46. The van der Waals surface area contributed by atoms with Crippen LogP contribution in [-0.4, -0.2) is 52.2 Å². The summed E-state index contributed by atoms with van der Waals surface area (Å²) in [6, 6.07) is 5.70. The number of benzene rings is 1. The first kappa shape index (κ1) is 18.9. The quantitative estimate of drug-likeness (QED) is 0.560. The number of likely N-dealkylation sites (tertiary alicyclic amines) is 1. The topological polar surface area (TPSA) is 95.5 Å². The number of aromatic nitrogens is 3. The molecule has 0 bridgehead atoms. The van der Waals surface area contributed by atoms with E-state index >= 15 is 0 Å². The van der Waals surface area contributed by atoms with E-state index in [9.17, 15) is 4.79 Å². The monoisotopic (exact) mass is 403 g/mol. The van der Waals surface area contributed by atoms with Crippen molar-refractivity contribution in [1.29, 1.82) is 0 Å². The van der Waals surface area contributed by atoms with Crippen LogP contribution in [0.4, 0.5) is 0 Å². The molecule has 0 radical (unpaired) electrons. The molecule has 1 atom stereocenters. The molecular weight excluding hydrogens is 378 g/mol. The lowest BCUT2D eigenvalue weighted by Crippen LogP contribution is -2.32. The van der Waals surface area contributed by atoms with Gasteiger partial charge < -0.3 is 20.2 Å². The second kappa shape index (κ2) is 7.90. The van der Waals surface area contributed by atoms with E-state index in [0.29, 0.717) is 11.1 Å². The van der Waals surface area contributed by atoms with Crippen LogP contribution < -0.4 is 15.3 Å². The smallest absolute Gasteiger partial charge is 0.233 e. The first-order valence-electron chi connectivity index (χ1n) is 9.47. The van der Waals surface area contributed by atoms with Gasteiger partial charge in [-0.05, 0) is 43.9 Å². The van der Waals surface area contributed by atoms with Crippen LogP contribution in [0.25, 0.3) is 0 Å². The van der Waals surface area contributed by atoms with Gasteiger partial charge in [-0.15, -0.1) is 10.2 Å². The van der Waals surface area contributed by atoms with Gasteiger partial charge in [0.1, 0.15) is 11.5 Å². The number of methoxy groups -OCH3 is 2. The molecule has 2 aliphatic rings. The van der Waals surface area contributed by atoms with Gasteiger partial charge in [-0.25, -0.2) is 4.68 Å². The fourth-order valence-electron chi connectivity index (χ4n) is 3.70. The zero-order valence-corrected chi connectivity index (χ0v) is 16.9. The van der Waals surface area contributed by atoms with Gasteiger partial charge in [-0.1, -0.05) is 11.8 Å². The van der Waals surface area contributed by atoms with Gasteiger partial charge >= 0.3 is 0 Å². The number of rotatable bonds is 7. The number of carbonyl (C=O) groups excluding carboxylic acids is 1. The average Bonchev–Trinajstić information content (AvgIpc) is 3.32. The molecule has 1 aliphatic carbocycles. The minimum Gasteiger partial charge on any atom is -0.497 e. The second-order valence-electron chi connectivity index (χ2n) is 7.13. The third-order valence-corrected chi connectivity index (χ3v) is 6.25. The number of nitrogen functional groups attached to an aromatic ring is 1. The van der Waals surface area contributed by atoms with Crippen molar-refractivity contribution in [2.45, 2.75) is 42.8 Å². The summed E-state index contributed by atoms with van der Waals surface area (Å²) in [5.41, 5.74) is 0.982. The molecule has 1 saturated carbocycles. The molecule has 0 unspecified atom stereocenters. The minimum atomic E-state index is -0.0177. The highest BCUT2D eigenvalue weighted by atomic mass is 32.2.